The molecule has 0 saturated carbocycles. The summed E-state index contributed by atoms with van der Waals surface area (Å²) in [5.74, 6) is 0. The van der Waals surface area contributed by atoms with Crippen LogP contribution in [0.2, 0.25) is 0 Å². The van der Waals surface area contributed by atoms with Crippen LogP contribution in [0.4, 0.5) is 0 Å². The van der Waals surface area contributed by atoms with E-state index in [0.29, 0.717) is 5.70 Å². The maximum absolute atomic E-state index is 9.91. The quantitative estimate of drug-likeness (QED) is 0.560. The van der Waals surface area contributed by atoms with Crippen molar-refractivity contribution in [2.24, 2.45) is 4.99 Å². The van der Waals surface area contributed by atoms with Gasteiger partial charge in [0.25, 0.3) is 0 Å². The molecule has 3 heteroatoms. The summed E-state index contributed by atoms with van der Waals surface area (Å²) < 4.78 is 0.933. The lowest BCUT2D eigenvalue weighted by Crippen LogP contribution is -1.77. The van der Waals surface area contributed by atoms with E-state index in [1.165, 1.54) is 6.08 Å². The van der Waals surface area contributed by atoms with E-state index in [1.807, 2.05) is 24.3 Å². The number of rotatable bonds is 2. The first-order valence-electron chi connectivity index (χ1n) is 3.27. The fourth-order valence-corrected chi connectivity index (χ4v) is 1.19. The van der Waals surface area contributed by atoms with Crippen LogP contribution in [-0.2, 0) is 4.79 Å². The predicted molar refractivity (Wildman–Crippen MR) is 51.3 cm³/mol. The van der Waals surface area contributed by atoms with E-state index in [2.05, 4.69) is 27.5 Å². The highest BCUT2D eigenvalue weighted by atomic mass is 79.9. The van der Waals surface area contributed by atoms with Crippen molar-refractivity contribution in [2.75, 3.05) is 0 Å². The molecule has 0 atom stereocenters. The molecule has 12 heavy (non-hydrogen) atoms. The minimum absolute atomic E-state index is 0.423. The third-order valence-electron chi connectivity index (χ3n) is 1.34. The molecule has 0 saturated heterocycles. The van der Waals surface area contributed by atoms with Gasteiger partial charge in [0, 0.05) is 10.0 Å². The zero-order valence-corrected chi connectivity index (χ0v) is 7.84. The van der Waals surface area contributed by atoms with E-state index in [-0.39, 0.29) is 0 Å². The second-order valence-electron chi connectivity index (χ2n) is 2.16. The Morgan fingerprint density at radius 1 is 1.58 bits per heavy atom. The average molecular weight is 224 g/mol. The summed E-state index contributed by atoms with van der Waals surface area (Å²) in [6, 6.07) is 7.41. The molecule has 0 fully saturated rings. The number of benzene rings is 1. The van der Waals surface area contributed by atoms with Gasteiger partial charge >= 0.3 is 0 Å². The molecule has 0 N–H and O–H groups in total. The molecule has 0 bridgehead atoms. The van der Waals surface area contributed by atoms with E-state index in [9.17, 15) is 4.79 Å². The lowest BCUT2D eigenvalue weighted by Gasteiger charge is -1.97. The highest BCUT2D eigenvalue weighted by Crippen LogP contribution is 2.17. The van der Waals surface area contributed by atoms with Gasteiger partial charge in [-0.1, -0.05) is 34.6 Å². The summed E-state index contributed by atoms with van der Waals surface area (Å²) in [5.41, 5.74) is 1.24. The molecule has 60 valence electrons. The van der Waals surface area contributed by atoms with Gasteiger partial charge in [-0.2, -0.15) is 4.99 Å². The Kier molecular flexibility index (Phi) is 2.97. The van der Waals surface area contributed by atoms with Gasteiger partial charge in [-0.3, -0.25) is 0 Å². The van der Waals surface area contributed by atoms with Crippen LogP contribution >= 0.6 is 15.9 Å². The Morgan fingerprint density at radius 3 is 2.92 bits per heavy atom. The largest absolute Gasteiger partial charge is 0.240 e. The van der Waals surface area contributed by atoms with Gasteiger partial charge in [0.15, 0.2) is 0 Å². The maximum Gasteiger partial charge on any atom is 0.240 e. The minimum atomic E-state index is 0.423. The van der Waals surface area contributed by atoms with Gasteiger partial charge in [0.05, 0.1) is 5.70 Å². The first kappa shape index (κ1) is 8.91. The van der Waals surface area contributed by atoms with E-state index >= 15 is 0 Å². The zero-order chi connectivity index (χ0) is 8.97. The van der Waals surface area contributed by atoms with Crippen molar-refractivity contribution < 1.29 is 4.79 Å². The topological polar surface area (TPSA) is 29.4 Å². The van der Waals surface area contributed by atoms with Crippen LogP contribution in [0.25, 0.3) is 5.70 Å². The van der Waals surface area contributed by atoms with Crippen molar-refractivity contribution in [2.45, 2.75) is 0 Å². The fraction of sp³-hybridized carbons (Fsp3) is 0. The van der Waals surface area contributed by atoms with Crippen LogP contribution < -0.4 is 0 Å². The number of halogens is 1. The van der Waals surface area contributed by atoms with Gasteiger partial charge in [-0.15, -0.1) is 0 Å². The molecule has 1 aromatic carbocycles. The Labute approximate surface area is 78.8 Å². The normalized spacial score (nSPS) is 8.75. The van der Waals surface area contributed by atoms with Crippen molar-refractivity contribution >= 4 is 27.7 Å². The second kappa shape index (κ2) is 4.00. The Morgan fingerprint density at radius 2 is 2.33 bits per heavy atom. The molecular formula is C9H6BrNO. The van der Waals surface area contributed by atoms with Crippen LogP contribution in [0.3, 0.4) is 0 Å². The monoisotopic (exact) mass is 223 g/mol. The molecule has 0 unspecified atom stereocenters. The molecule has 0 aliphatic rings. The molecule has 0 heterocycles. The molecule has 0 spiro atoms. The van der Waals surface area contributed by atoms with E-state index in [4.69, 9.17) is 0 Å². The number of hydrogen-bond acceptors (Lipinski definition) is 2. The van der Waals surface area contributed by atoms with Crippen LogP contribution in [-0.4, -0.2) is 6.08 Å². The van der Waals surface area contributed by atoms with Crippen LogP contribution in [0.5, 0.6) is 0 Å². The molecule has 0 radical (unpaired) electrons. The van der Waals surface area contributed by atoms with Crippen LogP contribution in [0, 0.1) is 0 Å². The Hall–Kier alpha value is -1.18. The number of nitrogens with zero attached hydrogens (tertiary/aromatic N) is 1. The molecular weight excluding hydrogens is 218 g/mol. The lowest BCUT2D eigenvalue weighted by atomic mass is 10.2. The van der Waals surface area contributed by atoms with E-state index in [1.54, 1.807) is 0 Å². The van der Waals surface area contributed by atoms with Gasteiger partial charge < -0.3 is 0 Å². The maximum atomic E-state index is 9.91. The summed E-state index contributed by atoms with van der Waals surface area (Å²) in [4.78, 5) is 13.3. The molecule has 2 nitrogen and oxygen atoms in total. The first-order valence-corrected chi connectivity index (χ1v) is 4.06. The number of carbonyl (C=O) groups excluding carboxylic acids is 1. The van der Waals surface area contributed by atoms with E-state index < -0.39 is 0 Å². The zero-order valence-electron chi connectivity index (χ0n) is 6.25. The highest BCUT2D eigenvalue weighted by molar-refractivity contribution is 9.10. The van der Waals surface area contributed by atoms with E-state index in [0.717, 1.165) is 10.0 Å². The summed E-state index contributed by atoms with van der Waals surface area (Å²) in [6.45, 7) is 3.61. The summed E-state index contributed by atoms with van der Waals surface area (Å²) in [7, 11) is 0. The average Bonchev–Trinajstić information content (AvgIpc) is 2.05. The van der Waals surface area contributed by atoms with Crippen LogP contribution in [0.15, 0.2) is 40.3 Å². The predicted octanol–water partition coefficient (Wildman–Crippen LogP) is 2.76. The van der Waals surface area contributed by atoms with Crippen molar-refractivity contribution in [3.05, 3.63) is 40.9 Å². The van der Waals surface area contributed by atoms with Crippen molar-refractivity contribution in [3.8, 4) is 0 Å². The smallest absolute Gasteiger partial charge is 0.211 e. The first-order chi connectivity index (χ1) is 5.74. The van der Waals surface area contributed by atoms with Gasteiger partial charge in [0.2, 0.25) is 6.08 Å². The fourth-order valence-electron chi connectivity index (χ4n) is 0.788. The van der Waals surface area contributed by atoms with Crippen molar-refractivity contribution in [3.63, 3.8) is 0 Å². The Balaban J connectivity index is 3.03. The molecule has 1 rings (SSSR count). The number of aliphatic imine (C=N–C) groups is 1. The molecule has 0 aromatic heterocycles. The SMILES string of the molecule is C=C(N=C=O)c1cccc(Br)c1. The molecule has 0 aliphatic carbocycles. The van der Waals surface area contributed by atoms with Gasteiger partial charge in [-0.25, -0.2) is 4.79 Å². The lowest BCUT2D eigenvalue weighted by molar-refractivity contribution is 0.565. The minimum Gasteiger partial charge on any atom is -0.211 e. The Bertz CT molecular complexity index is 353. The number of hydrogen-bond donors (Lipinski definition) is 0. The highest BCUT2D eigenvalue weighted by Gasteiger charge is 1.96. The third-order valence-corrected chi connectivity index (χ3v) is 1.83. The molecule has 0 amide bonds. The van der Waals surface area contributed by atoms with Crippen molar-refractivity contribution in [1.29, 1.82) is 0 Å². The molecule has 0 aliphatic heterocycles. The summed E-state index contributed by atoms with van der Waals surface area (Å²) in [6.07, 6.45) is 1.45. The molecule has 1 aromatic rings. The van der Waals surface area contributed by atoms with Gasteiger partial charge in [0.1, 0.15) is 0 Å². The van der Waals surface area contributed by atoms with Crippen LogP contribution in [0.1, 0.15) is 5.56 Å². The summed E-state index contributed by atoms with van der Waals surface area (Å²) in [5, 5.41) is 0. The summed E-state index contributed by atoms with van der Waals surface area (Å²) >= 11 is 3.30. The van der Waals surface area contributed by atoms with Gasteiger partial charge in [-0.05, 0) is 12.1 Å². The third kappa shape index (κ3) is 2.16. The number of isocyanates is 1. The standard InChI is InChI=1S/C9H6BrNO/c1-7(11-6-12)8-3-2-4-9(10)5-8/h2-5H,1H2. The second-order valence-corrected chi connectivity index (χ2v) is 3.08. The van der Waals surface area contributed by atoms with Crippen molar-refractivity contribution in [1.82, 2.24) is 0 Å².